The molecule has 5 heterocycles. The number of nitrogens with one attached hydrogen (secondary N) is 2. The zero-order valence-electron chi connectivity index (χ0n) is 13.0. The normalized spacial score (nSPS) is 42.3. The molecule has 120 valence electrons. The smallest absolute Gasteiger partial charge is 0.222 e. The first-order valence-electron chi connectivity index (χ1n) is 7.45. The molecule has 6 bridgehead atoms. The van der Waals surface area contributed by atoms with E-state index in [1.807, 2.05) is 11.9 Å². The molecule has 5 rings (SSSR count). The van der Waals surface area contributed by atoms with Gasteiger partial charge in [0.05, 0.1) is 6.17 Å². The van der Waals surface area contributed by atoms with E-state index >= 15 is 0 Å². The van der Waals surface area contributed by atoms with Gasteiger partial charge in [-0.3, -0.25) is 39.7 Å². The Hall–Kier alpha value is -1.71. The number of nitrogens with zero attached hydrogens (tertiary/aromatic N) is 4. The average molecular weight is 308 g/mol. The highest BCUT2D eigenvalue weighted by atomic mass is 16.2. The Balaban J connectivity index is 1.90. The van der Waals surface area contributed by atoms with E-state index in [9.17, 15) is 14.4 Å². The second kappa shape index (κ2) is 4.18. The number of likely N-dealkylation sites (N-methyl/N-ethyl adjacent to an activating group) is 1. The Bertz CT molecular complexity index is 566. The molecular weight excluding hydrogens is 288 g/mol. The van der Waals surface area contributed by atoms with E-state index in [4.69, 9.17) is 0 Å². The second-order valence-corrected chi connectivity index (χ2v) is 6.38. The molecule has 5 fully saturated rings. The maximum absolute atomic E-state index is 12.2. The third-order valence-electron chi connectivity index (χ3n) is 5.25. The maximum atomic E-state index is 12.2. The number of piperazine rings is 1. The minimum absolute atomic E-state index is 0.0725. The lowest BCUT2D eigenvalue weighted by Gasteiger charge is -2.42. The molecule has 0 radical (unpaired) electrons. The van der Waals surface area contributed by atoms with E-state index < -0.39 is 6.17 Å². The van der Waals surface area contributed by atoms with Gasteiger partial charge in [-0.25, -0.2) is 0 Å². The van der Waals surface area contributed by atoms with Crippen LogP contribution in [0.3, 0.4) is 0 Å². The van der Waals surface area contributed by atoms with Gasteiger partial charge in [0.1, 0.15) is 30.8 Å². The lowest BCUT2D eigenvalue weighted by molar-refractivity contribution is -0.148. The minimum atomic E-state index is -0.476. The first kappa shape index (κ1) is 13.9. The first-order valence-corrected chi connectivity index (χ1v) is 7.45. The topological polar surface area (TPSA) is 88.2 Å². The van der Waals surface area contributed by atoms with Crippen LogP contribution in [0.2, 0.25) is 0 Å². The van der Waals surface area contributed by atoms with Crippen molar-refractivity contribution < 1.29 is 14.4 Å². The summed E-state index contributed by atoms with van der Waals surface area (Å²) in [6.45, 7) is 4.52. The molecule has 5 aliphatic rings. The Morgan fingerprint density at radius 3 is 1.50 bits per heavy atom. The number of carbonyl (C=O) groups is 3. The summed E-state index contributed by atoms with van der Waals surface area (Å²) in [4.78, 5) is 43.7. The molecular formula is C13H20N6O3. The Kier molecular flexibility index (Phi) is 2.64. The third-order valence-corrected chi connectivity index (χ3v) is 5.25. The zero-order valence-corrected chi connectivity index (χ0v) is 13.0. The van der Waals surface area contributed by atoms with Crippen LogP contribution in [0.4, 0.5) is 0 Å². The third kappa shape index (κ3) is 1.41. The minimum Gasteiger partial charge on any atom is -0.304 e. The van der Waals surface area contributed by atoms with Crippen LogP contribution in [-0.4, -0.2) is 81.4 Å². The Labute approximate surface area is 128 Å². The number of amides is 3. The van der Waals surface area contributed by atoms with E-state index in [0.29, 0.717) is 0 Å². The van der Waals surface area contributed by atoms with Crippen LogP contribution in [0.1, 0.15) is 20.8 Å². The highest BCUT2D eigenvalue weighted by Crippen LogP contribution is 2.42. The fourth-order valence-corrected chi connectivity index (χ4v) is 4.53. The molecule has 5 saturated heterocycles. The van der Waals surface area contributed by atoms with Gasteiger partial charge in [-0.1, -0.05) is 0 Å². The molecule has 0 aromatic carbocycles. The van der Waals surface area contributed by atoms with Gasteiger partial charge in [0, 0.05) is 20.8 Å². The van der Waals surface area contributed by atoms with Crippen molar-refractivity contribution in [1.29, 1.82) is 0 Å². The standard InChI is InChI=1S/C13H20N6O3/c1-5(20)17-9-8-14-10-11(15-9)19(7(3)22)13(12(17)16(8)4)18(10)6(2)21/h8-15H,1-4H3/t8?,9?,10-,11+,12?,13+/m1/s1. The first-order chi connectivity index (χ1) is 10.3. The van der Waals surface area contributed by atoms with E-state index in [1.54, 1.807) is 14.7 Å². The summed E-state index contributed by atoms with van der Waals surface area (Å²) in [6.07, 6.45) is -1.68. The van der Waals surface area contributed by atoms with E-state index in [2.05, 4.69) is 10.6 Å². The summed E-state index contributed by atoms with van der Waals surface area (Å²) in [5.41, 5.74) is 0. The van der Waals surface area contributed by atoms with Crippen LogP contribution >= 0.6 is 0 Å². The molecule has 6 atom stereocenters. The summed E-state index contributed by atoms with van der Waals surface area (Å²) >= 11 is 0. The molecule has 0 spiro atoms. The number of hydrogen-bond donors (Lipinski definition) is 2. The molecule has 9 heteroatoms. The molecule has 2 N–H and O–H groups in total. The van der Waals surface area contributed by atoms with E-state index in [-0.39, 0.29) is 48.6 Å². The lowest BCUT2D eigenvalue weighted by atomic mass is 10.2. The molecule has 0 saturated carbocycles. The van der Waals surface area contributed by atoms with Gasteiger partial charge in [-0.05, 0) is 7.05 Å². The van der Waals surface area contributed by atoms with Gasteiger partial charge in [0.25, 0.3) is 0 Å². The largest absolute Gasteiger partial charge is 0.304 e. The van der Waals surface area contributed by atoms with Crippen LogP contribution in [0.15, 0.2) is 0 Å². The molecule has 9 nitrogen and oxygen atoms in total. The van der Waals surface area contributed by atoms with Crippen molar-refractivity contribution in [3.05, 3.63) is 0 Å². The van der Waals surface area contributed by atoms with Crippen LogP contribution in [0.25, 0.3) is 0 Å². The summed E-state index contributed by atoms with van der Waals surface area (Å²) in [7, 11) is 1.91. The molecule has 3 unspecified atom stereocenters. The van der Waals surface area contributed by atoms with Crippen LogP contribution in [-0.2, 0) is 14.4 Å². The summed E-state index contributed by atoms with van der Waals surface area (Å²) < 4.78 is 0. The van der Waals surface area contributed by atoms with E-state index in [1.165, 1.54) is 20.8 Å². The van der Waals surface area contributed by atoms with Crippen molar-refractivity contribution in [2.45, 2.75) is 57.8 Å². The Morgan fingerprint density at radius 2 is 1.05 bits per heavy atom. The average Bonchev–Trinajstić information content (AvgIpc) is 2.78. The van der Waals surface area contributed by atoms with Crippen molar-refractivity contribution in [2.75, 3.05) is 7.05 Å². The predicted octanol–water partition coefficient (Wildman–Crippen LogP) is -2.35. The summed E-state index contributed by atoms with van der Waals surface area (Å²) in [5.74, 6) is -0.293. The number of carbonyl (C=O) groups excluding carboxylic acids is 3. The van der Waals surface area contributed by atoms with Crippen molar-refractivity contribution in [1.82, 2.24) is 30.2 Å². The molecule has 22 heavy (non-hydrogen) atoms. The number of rotatable bonds is 0. The van der Waals surface area contributed by atoms with Crippen LogP contribution in [0.5, 0.6) is 0 Å². The van der Waals surface area contributed by atoms with Crippen LogP contribution in [0, 0.1) is 0 Å². The summed E-state index contributed by atoms with van der Waals surface area (Å²) in [6, 6.07) is 0. The molecule has 5 aliphatic heterocycles. The second-order valence-electron chi connectivity index (χ2n) is 6.38. The fourth-order valence-electron chi connectivity index (χ4n) is 4.53. The Morgan fingerprint density at radius 1 is 0.682 bits per heavy atom. The van der Waals surface area contributed by atoms with Gasteiger partial charge >= 0.3 is 0 Å². The SMILES string of the molecule is CC(=O)N1C2N[C@@H]3[C@@H]4NC2N(C)C1[C@H](N3C(C)=O)N4C(C)=O. The van der Waals surface area contributed by atoms with Crippen molar-refractivity contribution in [3.8, 4) is 0 Å². The van der Waals surface area contributed by atoms with Gasteiger partial charge in [0.2, 0.25) is 17.7 Å². The predicted molar refractivity (Wildman–Crippen MR) is 74.3 cm³/mol. The molecule has 3 amide bonds. The maximum Gasteiger partial charge on any atom is 0.222 e. The monoisotopic (exact) mass is 308 g/mol. The lowest BCUT2D eigenvalue weighted by Crippen LogP contribution is -2.72. The van der Waals surface area contributed by atoms with Gasteiger partial charge < -0.3 is 4.90 Å². The molecule has 0 aromatic rings. The number of hydrogen-bond acceptors (Lipinski definition) is 6. The van der Waals surface area contributed by atoms with Gasteiger partial charge in [0.15, 0.2) is 0 Å². The fraction of sp³-hybridized carbons (Fsp3) is 0.769. The van der Waals surface area contributed by atoms with Crippen LogP contribution < -0.4 is 10.6 Å². The zero-order chi connectivity index (χ0) is 15.9. The highest BCUT2D eigenvalue weighted by molar-refractivity contribution is 5.81. The molecule has 0 aromatic heterocycles. The quantitative estimate of drug-likeness (QED) is 0.521. The van der Waals surface area contributed by atoms with Crippen molar-refractivity contribution >= 4 is 17.7 Å². The highest BCUT2D eigenvalue weighted by Gasteiger charge is 2.68. The summed E-state index contributed by atoms with van der Waals surface area (Å²) in [5, 5.41) is 6.82. The van der Waals surface area contributed by atoms with Gasteiger partial charge in [-0.15, -0.1) is 0 Å². The molecule has 0 aliphatic carbocycles. The van der Waals surface area contributed by atoms with Crippen molar-refractivity contribution in [2.24, 2.45) is 0 Å². The van der Waals surface area contributed by atoms with E-state index in [0.717, 1.165) is 0 Å². The van der Waals surface area contributed by atoms with Gasteiger partial charge in [-0.2, -0.15) is 0 Å². The van der Waals surface area contributed by atoms with Crippen molar-refractivity contribution in [3.63, 3.8) is 0 Å².